The number of rotatable bonds is 8. The highest BCUT2D eigenvalue weighted by molar-refractivity contribution is 5.92. The van der Waals surface area contributed by atoms with Crippen LogP contribution in [0.25, 0.3) is 0 Å². The van der Waals surface area contributed by atoms with Gasteiger partial charge in [0.15, 0.2) is 0 Å². The van der Waals surface area contributed by atoms with Crippen LogP contribution in [0.4, 0.5) is 0 Å². The topological polar surface area (TPSA) is 110 Å². The number of hydrogen-bond donors (Lipinski definition) is 3. The molecule has 0 radical (unpaired) electrons. The second-order valence-corrected chi connectivity index (χ2v) is 5.53. The summed E-state index contributed by atoms with van der Waals surface area (Å²) in [7, 11) is 0. The van der Waals surface area contributed by atoms with Gasteiger partial charge in [0.2, 0.25) is 5.91 Å². The van der Waals surface area contributed by atoms with Gasteiger partial charge in [-0.25, -0.2) is 0 Å². The van der Waals surface area contributed by atoms with E-state index < -0.39 is 11.8 Å². The van der Waals surface area contributed by atoms with Crippen molar-refractivity contribution in [2.45, 2.75) is 20.3 Å². The predicted molar refractivity (Wildman–Crippen MR) is 89.7 cm³/mol. The van der Waals surface area contributed by atoms with Crippen LogP contribution in [0.2, 0.25) is 0 Å². The molecular formula is C17H22N4O3. The first-order valence-electron chi connectivity index (χ1n) is 7.81. The van der Waals surface area contributed by atoms with Crippen molar-refractivity contribution in [2.75, 3.05) is 13.2 Å². The molecule has 1 atom stereocenters. The second kappa shape index (κ2) is 8.14. The molecule has 0 fully saturated rings. The van der Waals surface area contributed by atoms with Gasteiger partial charge in [-0.2, -0.15) is 5.10 Å². The number of H-pyrrole nitrogens is 1. The van der Waals surface area contributed by atoms with Gasteiger partial charge < -0.3 is 15.8 Å². The molecule has 0 saturated carbocycles. The number of nitrogens with two attached hydrogens (primary N) is 1. The maximum absolute atomic E-state index is 12.0. The molecule has 7 nitrogen and oxygen atoms in total. The Bertz CT molecular complexity index is 694. The molecular weight excluding hydrogens is 308 g/mol. The van der Waals surface area contributed by atoms with Crippen LogP contribution in [-0.4, -0.2) is 35.2 Å². The molecule has 128 valence electrons. The van der Waals surface area contributed by atoms with Crippen LogP contribution in [-0.2, 0) is 11.2 Å². The SMILES string of the molecule is CCOc1ccc(C[C@@H](CNC(=O)c2cc(C)[nH]n2)C(N)=O)cc1. The van der Waals surface area contributed by atoms with E-state index >= 15 is 0 Å². The molecule has 7 heteroatoms. The summed E-state index contributed by atoms with van der Waals surface area (Å²) in [5, 5.41) is 9.28. The number of nitrogens with zero attached hydrogens (tertiary/aromatic N) is 1. The molecule has 24 heavy (non-hydrogen) atoms. The van der Waals surface area contributed by atoms with Gasteiger partial charge in [0, 0.05) is 12.2 Å². The van der Waals surface area contributed by atoms with E-state index in [1.807, 2.05) is 38.1 Å². The Morgan fingerprint density at radius 2 is 2.04 bits per heavy atom. The fourth-order valence-corrected chi connectivity index (χ4v) is 2.29. The zero-order valence-corrected chi connectivity index (χ0v) is 13.8. The van der Waals surface area contributed by atoms with E-state index in [2.05, 4.69) is 15.5 Å². The van der Waals surface area contributed by atoms with Crippen molar-refractivity contribution in [2.24, 2.45) is 11.7 Å². The number of carbonyl (C=O) groups is 2. The van der Waals surface area contributed by atoms with Crippen molar-refractivity contribution in [3.63, 3.8) is 0 Å². The quantitative estimate of drug-likeness (QED) is 0.675. The first kappa shape index (κ1) is 17.5. The molecule has 0 aliphatic rings. The highest BCUT2D eigenvalue weighted by atomic mass is 16.5. The second-order valence-electron chi connectivity index (χ2n) is 5.53. The highest BCUT2D eigenvalue weighted by Gasteiger charge is 2.18. The van der Waals surface area contributed by atoms with E-state index in [9.17, 15) is 9.59 Å². The van der Waals surface area contributed by atoms with Gasteiger partial charge in [0.1, 0.15) is 11.4 Å². The Morgan fingerprint density at radius 1 is 1.33 bits per heavy atom. The van der Waals surface area contributed by atoms with Crippen molar-refractivity contribution in [3.8, 4) is 5.75 Å². The first-order chi connectivity index (χ1) is 11.5. The molecule has 0 aliphatic carbocycles. The minimum atomic E-state index is -0.494. The number of aryl methyl sites for hydroxylation is 1. The molecule has 0 bridgehead atoms. The third-order valence-electron chi connectivity index (χ3n) is 3.57. The average molecular weight is 330 g/mol. The van der Waals surface area contributed by atoms with Gasteiger partial charge in [-0.3, -0.25) is 14.7 Å². The minimum Gasteiger partial charge on any atom is -0.494 e. The van der Waals surface area contributed by atoms with E-state index in [0.717, 1.165) is 17.0 Å². The molecule has 0 unspecified atom stereocenters. The van der Waals surface area contributed by atoms with Gasteiger partial charge in [0.25, 0.3) is 5.91 Å². The molecule has 2 rings (SSSR count). The number of primary amides is 1. The standard InChI is InChI=1S/C17H22N4O3/c1-3-24-14-6-4-12(5-7-14)9-13(16(18)22)10-19-17(23)15-8-11(2)20-21-15/h4-8,13H,3,9-10H2,1-2H3,(H2,18,22)(H,19,23)(H,20,21)/t13-/m0/s1. The summed E-state index contributed by atoms with van der Waals surface area (Å²) < 4.78 is 5.38. The van der Waals surface area contributed by atoms with E-state index in [1.54, 1.807) is 6.07 Å². The number of carbonyl (C=O) groups excluding carboxylic acids is 2. The normalized spacial score (nSPS) is 11.8. The fourth-order valence-electron chi connectivity index (χ4n) is 2.29. The Kier molecular flexibility index (Phi) is 5.95. The number of ether oxygens (including phenoxy) is 1. The first-order valence-corrected chi connectivity index (χ1v) is 7.81. The van der Waals surface area contributed by atoms with Crippen LogP contribution in [0, 0.1) is 12.8 Å². The predicted octanol–water partition coefficient (Wildman–Crippen LogP) is 1.19. The lowest BCUT2D eigenvalue weighted by Crippen LogP contribution is -2.37. The van der Waals surface area contributed by atoms with Crippen LogP contribution < -0.4 is 15.8 Å². The molecule has 1 aromatic carbocycles. The number of hydrogen-bond acceptors (Lipinski definition) is 4. The smallest absolute Gasteiger partial charge is 0.271 e. The monoisotopic (exact) mass is 330 g/mol. The van der Waals surface area contributed by atoms with Crippen molar-refractivity contribution in [1.29, 1.82) is 0 Å². The minimum absolute atomic E-state index is 0.160. The number of nitrogens with one attached hydrogen (secondary N) is 2. The van der Waals surface area contributed by atoms with Gasteiger partial charge in [-0.05, 0) is 44.0 Å². The molecule has 2 aromatic rings. The van der Waals surface area contributed by atoms with Crippen LogP contribution in [0.15, 0.2) is 30.3 Å². The summed E-state index contributed by atoms with van der Waals surface area (Å²) in [5.74, 6) is -0.509. The molecule has 0 aliphatic heterocycles. The lowest BCUT2D eigenvalue weighted by atomic mass is 9.98. The van der Waals surface area contributed by atoms with Crippen molar-refractivity contribution in [3.05, 3.63) is 47.3 Å². The van der Waals surface area contributed by atoms with E-state index in [1.165, 1.54) is 0 Å². The summed E-state index contributed by atoms with van der Waals surface area (Å²) in [6.07, 6.45) is 0.446. The van der Waals surface area contributed by atoms with Crippen LogP contribution in [0.3, 0.4) is 0 Å². The number of aromatic amines is 1. The van der Waals surface area contributed by atoms with Gasteiger partial charge >= 0.3 is 0 Å². The Morgan fingerprint density at radius 3 is 2.58 bits per heavy atom. The van der Waals surface area contributed by atoms with E-state index in [0.29, 0.717) is 13.0 Å². The lowest BCUT2D eigenvalue weighted by Gasteiger charge is -2.14. The summed E-state index contributed by atoms with van der Waals surface area (Å²) in [6, 6.07) is 9.12. The van der Waals surface area contributed by atoms with Crippen LogP contribution >= 0.6 is 0 Å². The van der Waals surface area contributed by atoms with Crippen molar-refractivity contribution >= 4 is 11.8 Å². The van der Waals surface area contributed by atoms with E-state index in [-0.39, 0.29) is 18.1 Å². The lowest BCUT2D eigenvalue weighted by molar-refractivity contribution is -0.121. The third-order valence-corrected chi connectivity index (χ3v) is 3.57. The van der Waals surface area contributed by atoms with Crippen molar-refractivity contribution < 1.29 is 14.3 Å². The Balaban J connectivity index is 1.94. The van der Waals surface area contributed by atoms with Crippen LogP contribution in [0.5, 0.6) is 5.75 Å². The number of aromatic nitrogens is 2. The highest BCUT2D eigenvalue weighted by Crippen LogP contribution is 2.15. The van der Waals surface area contributed by atoms with Gasteiger partial charge in [0.05, 0.1) is 12.5 Å². The fraction of sp³-hybridized carbons (Fsp3) is 0.353. The summed E-state index contributed by atoms with van der Waals surface area (Å²) in [6.45, 7) is 4.48. The Labute approximate surface area is 140 Å². The molecule has 0 saturated heterocycles. The molecule has 1 aromatic heterocycles. The Hall–Kier alpha value is -2.83. The van der Waals surface area contributed by atoms with Gasteiger partial charge in [-0.15, -0.1) is 0 Å². The summed E-state index contributed by atoms with van der Waals surface area (Å²) >= 11 is 0. The largest absolute Gasteiger partial charge is 0.494 e. The zero-order valence-electron chi connectivity index (χ0n) is 13.8. The average Bonchev–Trinajstić information content (AvgIpc) is 2.99. The zero-order chi connectivity index (χ0) is 17.5. The van der Waals surface area contributed by atoms with E-state index in [4.69, 9.17) is 10.5 Å². The maximum Gasteiger partial charge on any atom is 0.271 e. The molecule has 0 spiro atoms. The summed E-state index contributed by atoms with van der Waals surface area (Å²) in [4.78, 5) is 23.6. The summed E-state index contributed by atoms with van der Waals surface area (Å²) in [5.41, 5.74) is 7.49. The van der Waals surface area contributed by atoms with Crippen molar-refractivity contribution in [1.82, 2.24) is 15.5 Å². The number of amides is 2. The number of benzene rings is 1. The molecule has 4 N–H and O–H groups in total. The molecule has 1 heterocycles. The molecule has 2 amide bonds. The maximum atomic E-state index is 12.0. The van der Waals surface area contributed by atoms with Gasteiger partial charge in [-0.1, -0.05) is 12.1 Å². The third kappa shape index (κ3) is 4.84. The van der Waals surface area contributed by atoms with Crippen LogP contribution in [0.1, 0.15) is 28.7 Å².